The van der Waals surface area contributed by atoms with Gasteiger partial charge in [-0.15, -0.1) is 0 Å². The summed E-state index contributed by atoms with van der Waals surface area (Å²) in [5.41, 5.74) is 2.51. The van der Waals surface area contributed by atoms with E-state index in [2.05, 4.69) is 0 Å². The van der Waals surface area contributed by atoms with Crippen molar-refractivity contribution in [2.75, 3.05) is 0 Å². The molecular formula is C17H18N2O3. The minimum Gasteiger partial charge on any atom is -0.441 e. The van der Waals surface area contributed by atoms with Crippen molar-refractivity contribution < 1.29 is 14.3 Å². The Morgan fingerprint density at radius 3 is 2.09 bits per heavy atom. The molecule has 0 saturated heterocycles. The zero-order chi connectivity index (χ0) is 16.1. The van der Waals surface area contributed by atoms with Crippen molar-refractivity contribution in [2.24, 2.45) is 5.84 Å². The molecule has 0 aromatic heterocycles. The smallest absolute Gasteiger partial charge is 0.304 e. The van der Waals surface area contributed by atoms with Gasteiger partial charge >= 0.3 is 5.97 Å². The minimum atomic E-state index is -0.821. The Balaban J connectivity index is 2.13. The molecule has 2 aromatic carbocycles. The van der Waals surface area contributed by atoms with Crippen LogP contribution in [0.5, 0.6) is 0 Å². The Labute approximate surface area is 129 Å². The molecule has 1 unspecified atom stereocenters. The molecule has 1 amide bonds. The highest BCUT2D eigenvalue weighted by Gasteiger charge is 2.20. The Kier molecular flexibility index (Phi) is 4.91. The molecular weight excluding hydrogens is 280 g/mol. The molecule has 2 aromatic rings. The van der Waals surface area contributed by atoms with Gasteiger partial charge in [0, 0.05) is 12.5 Å². The number of ether oxygens (including phenoxy) is 1. The van der Waals surface area contributed by atoms with E-state index in [4.69, 9.17) is 10.6 Å². The number of esters is 1. The summed E-state index contributed by atoms with van der Waals surface area (Å²) >= 11 is 0. The molecule has 2 rings (SSSR count). The molecule has 0 saturated carbocycles. The molecule has 0 bridgehead atoms. The number of hydrogen-bond acceptors (Lipinski definition) is 4. The van der Waals surface area contributed by atoms with Gasteiger partial charge in [-0.3, -0.25) is 9.59 Å². The van der Waals surface area contributed by atoms with Gasteiger partial charge in [-0.25, -0.2) is 10.9 Å². The first kappa shape index (κ1) is 15.7. The number of benzene rings is 2. The highest BCUT2D eigenvalue weighted by atomic mass is 16.6. The van der Waals surface area contributed by atoms with E-state index in [1.165, 1.54) is 13.8 Å². The third-order valence-electron chi connectivity index (χ3n) is 3.20. The van der Waals surface area contributed by atoms with Crippen LogP contribution >= 0.6 is 0 Å². The lowest BCUT2D eigenvalue weighted by Crippen LogP contribution is -2.46. The summed E-state index contributed by atoms with van der Waals surface area (Å²) in [6.07, 6.45) is -0.821. The number of hydrogen-bond donors (Lipinski definition) is 1. The molecule has 0 fully saturated rings. The molecule has 0 heterocycles. The van der Waals surface area contributed by atoms with Crippen molar-refractivity contribution in [2.45, 2.75) is 20.1 Å². The standard InChI is InChI=1S/C17H18N2O3/c1-12(22-13(2)20)19(18)17(21)16-10-8-15(9-11-16)14-6-4-3-5-7-14/h3-12H,18H2,1-2H3. The van der Waals surface area contributed by atoms with Crippen molar-refractivity contribution in [3.63, 3.8) is 0 Å². The predicted octanol–water partition coefficient (Wildman–Crippen LogP) is 2.58. The van der Waals surface area contributed by atoms with Gasteiger partial charge in [-0.05, 0) is 30.2 Å². The average molecular weight is 298 g/mol. The fourth-order valence-electron chi connectivity index (χ4n) is 2.05. The molecule has 2 N–H and O–H groups in total. The first-order valence-electron chi connectivity index (χ1n) is 6.90. The second-order valence-corrected chi connectivity index (χ2v) is 4.86. The summed E-state index contributed by atoms with van der Waals surface area (Å²) in [6.45, 7) is 2.81. The maximum atomic E-state index is 12.2. The van der Waals surface area contributed by atoms with Gasteiger partial charge in [-0.2, -0.15) is 0 Å². The molecule has 0 aliphatic carbocycles. The molecule has 0 aliphatic heterocycles. The van der Waals surface area contributed by atoms with E-state index in [1.807, 2.05) is 42.5 Å². The molecule has 5 nitrogen and oxygen atoms in total. The fourth-order valence-corrected chi connectivity index (χ4v) is 2.05. The Bertz CT molecular complexity index is 653. The lowest BCUT2D eigenvalue weighted by Gasteiger charge is -2.23. The average Bonchev–Trinajstić information content (AvgIpc) is 2.54. The van der Waals surface area contributed by atoms with Gasteiger partial charge < -0.3 is 4.74 Å². The van der Waals surface area contributed by atoms with Crippen LogP contribution in [-0.2, 0) is 9.53 Å². The Morgan fingerprint density at radius 2 is 1.55 bits per heavy atom. The summed E-state index contributed by atoms with van der Waals surface area (Å²) in [4.78, 5) is 23.1. The number of rotatable bonds is 4. The molecule has 0 spiro atoms. The second-order valence-electron chi connectivity index (χ2n) is 4.86. The van der Waals surface area contributed by atoms with E-state index in [1.54, 1.807) is 12.1 Å². The van der Waals surface area contributed by atoms with E-state index < -0.39 is 18.1 Å². The normalized spacial score (nSPS) is 11.6. The van der Waals surface area contributed by atoms with Crippen LogP contribution in [0.4, 0.5) is 0 Å². The van der Waals surface area contributed by atoms with E-state index >= 15 is 0 Å². The Hall–Kier alpha value is -2.66. The zero-order valence-corrected chi connectivity index (χ0v) is 12.5. The quantitative estimate of drug-likeness (QED) is 0.309. The molecule has 22 heavy (non-hydrogen) atoms. The number of carbonyl (C=O) groups excluding carboxylic acids is 2. The molecule has 114 valence electrons. The SMILES string of the molecule is CC(=O)OC(C)N(N)C(=O)c1ccc(-c2ccccc2)cc1. The number of nitrogens with zero attached hydrogens (tertiary/aromatic N) is 1. The van der Waals surface area contributed by atoms with Gasteiger partial charge in [0.1, 0.15) is 0 Å². The third-order valence-corrected chi connectivity index (χ3v) is 3.20. The summed E-state index contributed by atoms with van der Waals surface area (Å²) in [5, 5.41) is 0.902. The highest BCUT2D eigenvalue weighted by Crippen LogP contribution is 2.19. The maximum absolute atomic E-state index is 12.2. The second kappa shape index (κ2) is 6.87. The first-order valence-corrected chi connectivity index (χ1v) is 6.90. The monoisotopic (exact) mass is 298 g/mol. The lowest BCUT2D eigenvalue weighted by molar-refractivity contribution is -0.152. The van der Waals surface area contributed by atoms with E-state index in [-0.39, 0.29) is 0 Å². The van der Waals surface area contributed by atoms with Gasteiger partial charge in [0.2, 0.25) is 0 Å². The van der Waals surface area contributed by atoms with Crippen LogP contribution < -0.4 is 5.84 Å². The summed E-state index contributed by atoms with van der Waals surface area (Å²) in [7, 11) is 0. The van der Waals surface area contributed by atoms with Crippen LogP contribution in [0.15, 0.2) is 54.6 Å². The minimum absolute atomic E-state index is 0.409. The van der Waals surface area contributed by atoms with Gasteiger partial charge in [0.25, 0.3) is 5.91 Å². The van der Waals surface area contributed by atoms with Crippen molar-refractivity contribution in [3.8, 4) is 11.1 Å². The number of carbonyl (C=O) groups is 2. The topological polar surface area (TPSA) is 72.6 Å². The first-order chi connectivity index (χ1) is 10.5. The molecule has 0 radical (unpaired) electrons. The van der Waals surface area contributed by atoms with Crippen LogP contribution in [0.25, 0.3) is 11.1 Å². The summed E-state index contributed by atoms with van der Waals surface area (Å²) < 4.78 is 4.89. The zero-order valence-electron chi connectivity index (χ0n) is 12.5. The lowest BCUT2D eigenvalue weighted by atomic mass is 10.0. The highest BCUT2D eigenvalue weighted by molar-refractivity contribution is 5.94. The van der Waals surface area contributed by atoms with Crippen molar-refractivity contribution in [1.29, 1.82) is 0 Å². The molecule has 0 aliphatic rings. The van der Waals surface area contributed by atoms with E-state index in [9.17, 15) is 9.59 Å². The summed E-state index contributed by atoms with van der Waals surface area (Å²) in [6, 6.07) is 17.0. The Morgan fingerprint density at radius 1 is 1.00 bits per heavy atom. The van der Waals surface area contributed by atoms with E-state index in [0.717, 1.165) is 16.1 Å². The fraction of sp³-hybridized carbons (Fsp3) is 0.176. The largest absolute Gasteiger partial charge is 0.441 e. The van der Waals surface area contributed by atoms with Crippen molar-refractivity contribution in [1.82, 2.24) is 5.01 Å². The number of nitrogens with two attached hydrogens (primary N) is 1. The maximum Gasteiger partial charge on any atom is 0.304 e. The van der Waals surface area contributed by atoms with Crippen LogP contribution in [0.2, 0.25) is 0 Å². The van der Waals surface area contributed by atoms with E-state index in [0.29, 0.717) is 5.56 Å². The van der Waals surface area contributed by atoms with Gasteiger partial charge in [0.05, 0.1) is 0 Å². The predicted molar refractivity (Wildman–Crippen MR) is 83.5 cm³/mol. The third kappa shape index (κ3) is 3.71. The van der Waals surface area contributed by atoms with Gasteiger partial charge in [0.15, 0.2) is 6.23 Å². The molecule has 1 atom stereocenters. The van der Waals surface area contributed by atoms with Crippen LogP contribution in [0.3, 0.4) is 0 Å². The van der Waals surface area contributed by atoms with Crippen molar-refractivity contribution >= 4 is 11.9 Å². The number of amides is 1. The molecule has 5 heteroatoms. The van der Waals surface area contributed by atoms with Crippen molar-refractivity contribution in [3.05, 3.63) is 60.2 Å². The number of hydrazine groups is 1. The summed E-state index contributed by atoms with van der Waals surface area (Å²) in [5.74, 6) is 4.80. The van der Waals surface area contributed by atoms with Gasteiger partial charge in [-0.1, -0.05) is 42.5 Å². The van der Waals surface area contributed by atoms with Crippen LogP contribution in [-0.4, -0.2) is 23.1 Å². The van der Waals surface area contributed by atoms with Crippen LogP contribution in [0.1, 0.15) is 24.2 Å². The van der Waals surface area contributed by atoms with Crippen LogP contribution in [0, 0.1) is 0 Å².